The van der Waals surface area contributed by atoms with Gasteiger partial charge in [-0.2, -0.15) is 0 Å². The molecular formula is C17H26N4. The molecule has 0 aromatic heterocycles. The van der Waals surface area contributed by atoms with Crippen molar-refractivity contribution in [1.82, 2.24) is 4.90 Å². The molecule has 1 aromatic rings. The number of hydrogen-bond acceptors (Lipinski definition) is 4. The predicted molar refractivity (Wildman–Crippen MR) is 88.8 cm³/mol. The van der Waals surface area contributed by atoms with Crippen molar-refractivity contribution in [3.8, 4) is 0 Å². The van der Waals surface area contributed by atoms with E-state index in [1.54, 1.807) is 0 Å². The molecule has 0 aliphatic carbocycles. The SMILES string of the molecule is CCCN1CCC2(CC1)CN=C(N)N2c1cccc(C)c1. The van der Waals surface area contributed by atoms with Crippen LogP contribution >= 0.6 is 0 Å². The molecule has 1 aromatic carbocycles. The number of benzene rings is 1. The number of nitrogens with zero attached hydrogens (tertiary/aromatic N) is 3. The molecule has 0 bridgehead atoms. The van der Waals surface area contributed by atoms with Gasteiger partial charge in [0, 0.05) is 18.8 Å². The van der Waals surface area contributed by atoms with Gasteiger partial charge in [0.05, 0.1) is 12.1 Å². The number of anilines is 1. The lowest BCUT2D eigenvalue weighted by atomic mass is 9.86. The van der Waals surface area contributed by atoms with Crippen molar-refractivity contribution in [3.05, 3.63) is 29.8 Å². The molecule has 1 fully saturated rings. The Morgan fingerprint density at radius 3 is 2.71 bits per heavy atom. The van der Waals surface area contributed by atoms with Crippen LogP contribution in [0.15, 0.2) is 29.3 Å². The van der Waals surface area contributed by atoms with Gasteiger partial charge in [-0.25, -0.2) is 0 Å². The van der Waals surface area contributed by atoms with Crippen molar-refractivity contribution in [2.24, 2.45) is 10.7 Å². The van der Waals surface area contributed by atoms with Gasteiger partial charge in [0.2, 0.25) is 0 Å². The van der Waals surface area contributed by atoms with Crippen molar-refractivity contribution in [3.63, 3.8) is 0 Å². The molecule has 2 N–H and O–H groups in total. The number of piperidine rings is 1. The highest BCUT2D eigenvalue weighted by Crippen LogP contribution is 2.37. The minimum absolute atomic E-state index is 0.0993. The first-order valence-electron chi connectivity index (χ1n) is 8.04. The summed E-state index contributed by atoms with van der Waals surface area (Å²) in [6.45, 7) is 8.73. The van der Waals surface area contributed by atoms with Gasteiger partial charge in [-0.15, -0.1) is 0 Å². The Hall–Kier alpha value is -1.55. The van der Waals surface area contributed by atoms with Crippen LogP contribution in [0.1, 0.15) is 31.7 Å². The molecule has 21 heavy (non-hydrogen) atoms. The summed E-state index contributed by atoms with van der Waals surface area (Å²) < 4.78 is 0. The van der Waals surface area contributed by atoms with Crippen molar-refractivity contribution < 1.29 is 0 Å². The molecular weight excluding hydrogens is 260 g/mol. The Balaban J connectivity index is 1.83. The summed E-state index contributed by atoms with van der Waals surface area (Å²) in [4.78, 5) is 9.43. The highest BCUT2D eigenvalue weighted by Gasteiger charge is 2.45. The Labute approximate surface area is 127 Å². The Morgan fingerprint density at radius 2 is 2.05 bits per heavy atom. The van der Waals surface area contributed by atoms with E-state index in [-0.39, 0.29) is 5.54 Å². The predicted octanol–water partition coefficient (Wildman–Crippen LogP) is 2.37. The minimum Gasteiger partial charge on any atom is -0.369 e. The van der Waals surface area contributed by atoms with Crippen LogP contribution in [0.2, 0.25) is 0 Å². The lowest BCUT2D eigenvalue weighted by Crippen LogP contribution is -2.57. The van der Waals surface area contributed by atoms with Crippen LogP contribution in [0.3, 0.4) is 0 Å². The van der Waals surface area contributed by atoms with Gasteiger partial charge in [0.1, 0.15) is 0 Å². The number of rotatable bonds is 3. The topological polar surface area (TPSA) is 44.9 Å². The monoisotopic (exact) mass is 286 g/mol. The molecule has 0 atom stereocenters. The number of nitrogens with two attached hydrogens (primary N) is 1. The van der Waals surface area contributed by atoms with Gasteiger partial charge in [0.25, 0.3) is 0 Å². The third-order valence-corrected chi connectivity index (χ3v) is 4.83. The first-order valence-corrected chi connectivity index (χ1v) is 8.04. The molecule has 114 valence electrons. The quantitative estimate of drug-likeness (QED) is 0.928. The number of aryl methyl sites for hydroxylation is 1. The van der Waals surface area contributed by atoms with Gasteiger partial charge >= 0.3 is 0 Å². The van der Waals surface area contributed by atoms with Crippen LogP contribution in [0.5, 0.6) is 0 Å². The molecule has 4 heteroatoms. The Bertz CT molecular complexity index is 529. The van der Waals surface area contributed by atoms with Gasteiger partial charge < -0.3 is 15.5 Å². The fourth-order valence-electron chi connectivity index (χ4n) is 3.68. The summed E-state index contributed by atoms with van der Waals surface area (Å²) in [6, 6.07) is 8.61. The van der Waals surface area contributed by atoms with E-state index in [1.165, 1.54) is 24.2 Å². The average Bonchev–Trinajstić information content (AvgIpc) is 2.79. The number of guanidine groups is 1. The molecule has 1 spiro atoms. The molecule has 1 saturated heterocycles. The lowest BCUT2D eigenvalue weighted by molar-refractivity contribution is 0.171. The first kappa shape index (κ1) is 14.4. The highest BCUT2D eigenvalue weighted by atomic mass is 15.4. The van der Waals surface area contributed by atoms with Gasteiger partial charge in [-0.1, -0.05) is 19.1 Å². The van der Waals surface area contributed by atoms with E-state index in [9.17, 15) is 0 Å². The number of aliphatic imine (C=N–C) groups is 1. The van der Waals surface area contributed by atoms with Crippen molar-refractivity contribution >= 4 is 11.6 Å². The zero-order valence-corrected chi connectivity index (χ0v) is 13.2. The molecule has 0 amide bonds. The minimum atomic E-state index is 0.0993. The molecule has 0 saturated carbocycles. The average molecular weight is 286 g/mol. The van der Waals surface area contributed by atoms with E-state index in [0.29, 0.717) is 5.96 Å². The van der Waals surface area contributed by atoms with E-state index in [1.807, 2.05) is 0 Å². The second kappa shape index (κ2) is 5.68. The molecule has 2 aliphatic heterocycles. The third kappa shape index (κ3) is 2.64. The lowest BCUT2D eigenvalue weighted by Gasteiger charge is -2.45. The molecule has 3 rings (SSSR count). The second-order valence-electron chi connectivity index (χ2n) is 6.41. The van der Waals surface area contributed by atoms with Crippen LogP contribution in [-0.2, 0) is 0 Å². The second-order valence-corrected chi connectivity index (χ2v) is 6.41. The first-order chi connectivity index (χ1) is 10.1. The Morgan fingerprint density at radius 1 is 1.29 bits per heavy atom. The van der Waals surface area contributed by atoms with Crippen molar-refractivity contribution in [1.29, 1.82) is 0 Å². The summed E-state index contributed by atoms with van der Waals surface area (Å²) in [6.07, 6.45) is 3.52. The van der Waals surface area contributed by atoms with Crippen LogP contribution in [-0.4, -0.2) is 42.6 Å². The smallest absolute Gasteiger partial charge is 0.196 e. The maximum absolute atomic E-state index is 6.22. The fraction of sp³-hybridized carbons (Fsp3) is 0.588. The van der Waals surface area contributed by atoms with Gasteiger partial charge in [-0.05, 0) is 50.4 Å². The highest BCUT2D eigenvalue weighted by molar-refractivity contribution is 5.98. The molecule has 2 heterocycles. The number of hydrogen-bond donors (Lipinski definition) is 1. The molecule has 0 unspecified atom stereocenters. The summed E-state index contributed by atoms with van der Waals surface area (Å²) in [5.74, 6) is 0.685. The molecule has 4 nitrogen and oxygen atoms in total. The summed E-state index contributed by atoms with van der Waals surface area (Å²) in [7, 11) is 0. The van der Waals surface area contributed by atoms with Crippen molar-refractivity contribution in [2.75, 3.05) is 31.1 Å². The van der Waals surface area contributed by atoms with Crippen LogP contribution < -0.4 is 10.6 Å². The molecule has 2 aliphatic rings. The van der Waals surface area contributed by atoms with Gasteiger partial charge in [-0.3, -0.25) is 4.99 Å². The van der Waals surface area contributed by atoms with E-state index in [4.69, 9.17) is 5.73 Å². The normalized spacial score (nSPS) is 21.8. The zero-order valence-electron chi connectivity index (χ0n) is 13.2. The van der Waals surface area contributed by atoms with E-state index in [0.717, 1.165) is 32.5 Å². The van der Waals surface area contributed by atoms with E-state index in [2.05, 4.69) is 52.9 Å². The zero-order chi connectivity index (χ0) is 14.9. The Kier molecular flexibility index (Phi) is 3.89. The third-order valence-electron chi connectivity index (χ3n) is 4.83. The van der Waals surface area contributed by atoms with Gasteiger partial charge in [0.15, 0.2) is 5.96 Å². The maximum atomic E-state index is 6.22. The van der Waals surface area contributed by atoms with E-state index >= 15 is 0 Å². The largest absolute Gasteiger partial charge is 0.369 e. The van der Waals surface area contributed by atoms with Crippen LogP contribution in [0.4, 0.5) is 5.69 Å². The van der Waals surface area contributed by atoms with E-state index < -0.39 is 0 Å². The molecule has 0 radical (unpaired) electrons. The van der Waals surface area contributed by atoms with Crippen LogP contribution in [0, 0.1) is 6.92 Å². The van der Waals surface area contributed by atoms with Crippen LogP contribution in [0.25, 0.3) is 0 Å². The number of likely N-dealkylation sites (tertiary alicyclic amines) is 1. The summed E-state index contributed by atoms with van der Waals surface area (Å²) >= 11 is 0. The standard InChI is InChI=1S/C17H26N4/c1-3-9-20-10-7-17(8-11-20)13-19-16(18)21(17)15-6-4-5-14(2)12-15/h4-6,12H,3,7-11,13H2,1-2H3,(H2,18,19). The van der Waals surface area contributed by atoms with Crippen molar-refractivity contribution in [2.45, 2.75) is 38.6 Å². The maximum Gasteiger partial charge on any atom is 0.196 e. The summed E-state index contributed by atoms with van der Waals surface area (Å²) in [5, 5.41) is 0. The fourth-order valence-corrected chi connectivity index (χ4v) is 3.68. The summed E-state index contributed by atoms with van der Waals surface area (Å²) in [5.41, 5.74) is 8.78.